The number of aromatic nitrogens is 3. The number of carbonyl (C=O) groups is 2. The Labute approximate surface area is 115 Å². The highest BCUT2D eigenvalue weighted by molar-refractivity contribution is 5.76. The number of hydrogen-bond donors (Lipinski definition) is 3. The SMILES string of the molecule is Cn1cnc(CCNC(=O)NC2C=CC(C(=O)O)C2)n1. The van der Waals surface area contributed by atoms with Gasteiger partial charge in [-0.1, -0.05) is 12.2 Å². The van der Waals surface area contributed by atoms with Crippen molar-refractivity contribution in [3.05, 3.63) is 24.3 Å². The minimum atomic E-state index is -0.868. The van der Waals surface area contributed by atoms with Gasteiger partial charge in [-0.15, -0.1) is 0 Å². The number of rotatable bonds is 5. The Morgan fingerprint density at radius 2 is 2.30 bits per heavy atom. The van der Waals surface area contributed by atoms with Crippen LogP contribution in [0.4, 0.5) is 4.79 Å². The molecule has 0 spiro atoms. The number of hydrogen-bond acceptors (Lipinski definition) is 4. The highest BCUT2D eigenvalue weighted by Gasteiger charge is 2.25. The summed E-state index contributed by atoms with van der Waals surface area (Å²) in [5, 5.41) is 18.3. The lowest BCUT2D eigenvalue weighted by Gasteiger charge is -2.12. The lowest BCUT2D eigenvalue weighted by Crippen LogP contribution is -2.41. The molecular formula is C12H17N5O3. The molecule has 1 aromatic rings. The number of nitrogens with zero attached hydrogens (tertiary/aromatic N) is 3. The molecule has 2 rings (SSSR count). The first-order valence-electron chi connectivity index (χ1n) is 6.34. The lowest BCUT2D eigenvalue weighted by atomic mass is 10.1. The van der Waals surface area contributed by atoms with E-state index in [1.54, 1.807) is 30.2 Å². The molecule has 0 aromatic carbocycles. The number of aliphatic carboxylic acids is 1. The molecule has 0 bridgehead atoms. The third-order valence-corrected chi connectivity index (χ3v) is 3.00. The van der Waals surface area contributed by atoms with Crippen molar-refractivity contribution in [3.63, 3.8) is 0 Å². The standard InChI is InChI=1S/C12H17N5O3/c1-17-7-14-10(16-17)4-5-13-12(20)15-9-3-2-8(6-9)11(18)19/h2-3,7-9H,4-6H2,1H3,(H,18,19)(H2,13,15,20). The van der Waals surface area contributed by atoms with E-state index in [0.29, 0.717) is 25.2 Å². The summed E-state index contributed by atoms with van der Waals surface area (Å²) in [6.45, 7) is 0.425. The Balaban J connectivity index is 1.66. The molecule has 1 aliphatic carbocycles. The Hall–Kier alpha value is -2.38. The molecule has 0 fully saturated rings. The van der Waals surface area contributed by atoms with E-state index in [2.05, 4.69) is 20.7 Å². The summed E-state index contributed by atoms with van der Waals surface area (Å²) in [4.78, 5) is 26.4. The zero-order chi connectivity index (χ0) is 14.5. The van der Waals surface area contributed by atoms with Gasteiger partial charge in [-0.05, 0) is 6.42 Å². The van der Waals surface area contributed by atoms with Crippen LogP contribution >= 0.6 is 0 Å². The Kier molecular flexibility index (Phi) is 4.34. The maximum Gasteiger partial charge on any atom is 0.315 e. The smallest absolute Gasteiger partial charge is 0.315 e. The van der Waals surface area contributed by atoms with Crippen LogP contribution in [0.15, 0.2) is 18.5 Å². The number of carboxylic acids is 1. The predicted octanol–water partition coefficient (Wildman–Crippen LogP) is -0.314. The van der Waals surface area contributed by atoms with Gasteiger partial charge in [-0.2, -0.15) is 5.10 Å². The second kappa shape index (κ2) is 6.18. The molecule has 2 amide bonds. The molecule has 0 radical (unpaired) electrons. The number of urea groups is 1. The summed E-state index contributed by atoms with van der Waals surface area (Å²) in [5.41, 5.74) is 0. The molecule has 8 nitrogen and oxygen atoms in total. The van der Waals surface area contributed by atoms with Crippen LogP contribution in [0.1, 0.15) is 12.2 Å². The summed E-state index contributed by atoms with van der Waals surface area (Å²) in [5.74, 6) is -0.718. The number of aryl methyl sites for hydroxylation is 1. The van der Waals surface area contributed by atoms with Crippen molar-refractivity contribution < 1.29 is 14.7 Å². The van der Waals surface area contributed by atoms with Crippen molar-refractivity contribution in [3.8, 4) is 0 Å². The Bertz CT molecular complexity index is 525. The van der Waals surface area contributed by atoms with Gasteiger partial charge in [0.1, 0.15) is 6.33 Å². The summed E-state index contributed by atoms with van der Waals surface area (Å²) < 4.78 is 1.60. The predicted molar refractivity (Wildman–Crippen MR) is 69.9 cm³/mol. The summed E-state index contributed by atoms with van der Waals surface area (Å²) in [6.07, 6.45) is 5.85. The van der Waals surface area contributed by atoms with E-state index in [9.17, 15) is 9.59 Å². The van der Waals surface area contributed by atoms with E-state index in [-0.39, 0.29) is 12.1 Å². The minimum absolute atomic E-state index is 0.232. The molecule has 0 saturated carbocycles. The fourth-order valence-corrected chi connectivity index (χ4v) is 1.99. The third kappa shape index (κ3) is 3.81. The van der Waals surface area contributed by atoms with Crippen LogP contribution < -0.4 is 10.6 Å². The van der Waals surface area contributed by atoms with Crippen LogP contribution in [0.5, 0.6) is 0 Å². The summed E-state index contributed by atoms with van der Waals surface area (Å²) in [6, 6.07) is -0.550. The first-order chi connectivity index (χ1) is 9.54. The van der Waals surface area contributed by atoms with Crippen molar-refractivity contribution in [2.24, 2.45) is 13.0 Å². The fraction of sp³-hybridized carbons (Fsp3) is 0.500. The first-order valence-corrected chi connectivity index (χ1v) is 6.34. The van der Waals surface area contributed by atoms with Gasteiger partial charge in [0.25, 0.3) is 0 Å². The first kappa shape index (κ1) is 14.0. The molecule has 1 heterocycles. The highest BCUT2D eigenvalue weighted by atomic mass is 16.4. The van der Waals surface area contributed by atoms with Gasteiger partial charge < -0.3 is 15.7 Å². The quantitative estimate of drug-likeness (QED) is 0.640. The molecule has 8 heteroatoms. The van der Waals surface area contributed by atoms with Crippen molar-refractivity contribution in [2.45, 2.75) is 18.9 Å². The number of carbonyl (C=O) groups excluding carboxylic acids is 1. The highest BCUT2D eigenvalue weighted by Crippen LogP contribution is 2.17. The monoisotopic (exact) mass is 279 g/mol. The van der Waals surface area contributed by atoms with Crippen molar-refractivity contribution in [2.75, 3.05) is 6.54 Å². The van der Waals surface area contributed by atoms with E-state index in [1.807, 2.05) is 0 Å². The maximum absolute atomic E-state index is 11.6. The Morgan fingerprint density at radius 1 is 1.50 bits per heavy atom. The van der Waals surface area contributed by atoms with Gasteiger partial charge in [0.15, 0.2) is 5.82 Å². The van der Waals surface area contributed by atoms with Crippen LogP contribution in [0.25, 0.3) is 0 Å². The molecule has 108 valence electrons. The average Bonchev–Trinajstić information content (AvgIpc) is 2.99. The molecule has 1 aliphatic rings. The van der Waals surface area contributed by atoms with Crippen LogP contribution in [0, 0.1) is 5.92 Å². The van der Waals surface area contributed by atoms with E-state index in [4.69, 9.17) is 5.11 Å². The largest absolute Gasteiger partial charge is 0.481 e. The van der Waals surface area contributed by atoms with E-state index in [0.717, 1.165) is 0 Å². The van der Waals surface area contributed by atoms with Gasteiger partial charge in [0.2, 0.25) is 0 Å². The molecular weight excluding hydrogens is 262 g/mol. The van der Waals surface area contributed by atoms with E-state index >= 15 is 0 Å². The molecule has 20 heavy (non-hydrogen) atoms. The van der Waals surface area contributed by atoms with Gasteiger partial charge in [0.05, 0.1) is 12.0 Å². The van der Waals surface area contributed by atoms with Gasteiger partial charge in [-0.25, -0.2) is 9.78 Å². The lowest BCUT2D eigenvalue weighted by molar-refractivity contribution is -0.140. The van der Waals surface area contributed by atoms with Gasteiger partial charge in [0, 0.05) is 20.0 Å². The van der Waals surface area contributed by atoms with Gasteiger partial charge >= 0.3 is 12.0 Å². The molecule has 1 aromatic heterocycles. The second-order valence-corrected chi connectivity index (χ2v) is 4.66. The van der Waals surface area contributed by atoms with Crippen molar-refractivity contribution in [1.29, 1.82) is 0 Å². The molecule has 2 atom stereocenters. The molecule has 0 aliphatic heterocycles. The normalized spacial score (nSPS) is 20.9. The third-order valence-electron chi connectivity index (χ3n) is 3.00. The average molecular weight is 279 g/mol. The zero-order valence-electron chi connectivity index (χ0n) is 11.1. The second-order valence-electron chi connectivity index (χ2n) is 4.66. The summed E-state index contributed by atoms with van der Waals surface area (Å²) in [7, 11) is 1.78. The van der Waals surface area contributed by atoms with Crippen LogP contribution in [-0.2, 0) is 18.3 Å². The fourth-order valence-electron chi connectivity index (χ4n) is 1.99. The molecule has 0 saturated heterocycles. The summed E-state index contributed by atoms with van der Waals surface area (Å²) >= 11 is 0. The number of nitrogens with one attached hydrogen (secondary N) is 2. The van der Waals surface area contributed by atoms with E-state index < -0.39 is 11.9 Å². The van der Waals surface area contributed by atoms with Crippen molar-refractivity contribution >= 4 is 12.0 Å². The topological polar surface area (TPSA) is 109 Å². The van der Waals surface area contributed by atoms with Crippen molar-refractivity contribution in [1.82, 2.24) is 25.4 Å². The van der Waals surface area contributed by atoms with Crippen LogP contribution in [-0.4, -0.2) is 44.5 Å². The molecule has 3 N–H and O–H groups in total. The van der Waals surface area contributed by atoms with Gasteiger partial charge in [-0.3, -0.25) is 9.48 Å². The van der Waals surface area contributed by atoms with E-state index in [1.165, 1.54) is 0 Å². The Morgan fingerprint density at radius 3 is 2.90 bits per heavy atom. The molecule has 2 unspecified atom stereocenters. The zero-order valence-corrected chi connectivity index (χ0v) is 11.1. The number of amides is 2. The maximum atomic E-state index is 11.6. The number of carboxylic acid groups (broad SMARTS) is 1. The van der Waals surface area contributed by atoms with Crippen LogP contribution in [0.2, 0.25) is 0 Å². The minimum Gasteiger partial charge on any atom is -0.481 e. The van der Waals surface area contributed by atoms with Crippen LogP contribution in [0.3, 0.4) is 0 Å².